The highest BCUT2D eigenvalue weighted by Gasteiger charge is 2.22. The minimum Gasteiger partial charge on any atom is -0.495 e. The second-order valence-electron chi connectivity index (χ2n) is 6.27. The first-order chi connectivity index (χ1) is 14.0. The Morgan fingerprint density at radius 1 is 1.27 bits per heavy atom. The van der Waals surface area contributed by atoms with Gasteiger partial charge in [0.1, 0.15) is 23.3 Å². The van der Waals surface area contributed by atoms with Crippen LogP contribution in [-0.4, -0.2) is 46.0 Å². The molecule has 0 aliphatic heterocycles. The fraction of sp³-hybridized carbons (Fsp3) is 0.250. The maximum absolute atomic E-state index is 12.7. The van der Waals surface area contributed by atoms with Crippen molar-refractivity contribution in [2.24, 2.45) is 0 Å². The number of nitrogens with zero attached hydrogens (tertiary/aromatic N) is 3. The van der Waals surface area contributed by atoms with Gasteiger partial charge in [0, 0.05) is 37.5 Å². The third kappa shape index (κ3) is 4.84. The number of aliphatic carboxylic acids is 1. The Hall–Kier alpha value is -2.81. The molecular formula is C20H21Cl2N3O5. The summed E-state index contributed by atoms with van der Waals surface area (Å²) in [6.45, 7) is 0.214. The van der Waals surface area contributed by atoms with Gasteiger partial charge in [-0.15, -0.1) is 12.4 Å². The molecule has 1 N–H and O–H groups in total. The number of carbonyl (C=O) groups is 1. The average molecular weight is 454 g/mol. The number of ether oxygens (including phenoxy) is 2. The van der Waals surface area contributed by atoms with Crippen LogP contribution >= 0.6 is 24.0 Å². The molecule has 2 heterocycles. The van der Waals surface area contributed by atoms with Crippen LogP contribution in [0.15, 0.2) is 53.8 Å². The van der Waals surface area contributed by atoms with Gasteiger partial charge in [-0.3, -0.25) is 13.9 Å². The topological polar surface area (TPSA) is 95.6 Å². The van der Waals surface area contributed by atoms with E-state index in [4.69, 9.17) is 21.1 Å². The maximum Gasteiger partial charge on any atom is 0.326 e. The first-order valence-corrected chi connectivity index (χ1v) is 9.14. The first kappa shape index (κ1) is 23.5. The molecule has 10 heteroatoms. The second-order valence-corrected chi connectivity index (χ2v) is 6.66. The number of carboxylic acids is 1. The van der Waals surface area contributed by atoms with Gasteiger partial charge < -0.3 is 14.6 Å². The number of aromatic nitrogens is 3. The molecule has 1 atom stereocenters. The lowest BCUT2D eigenvalue weighted by Crippen LogP contribution is -2.30. The second kappa shape index (κ2) is 10.3. The summed E-state index contributed by atoms with van der Waals surface area (Å²) in [6, 6.07) is 7.66. The highest BCUT2D eigenvalue weighted by Crippen LogP contribution is 2.30. The predicted octanol–water partition coefficient (Wildman–Crippen LogP) is 3.45. The van der Waals surface area contributed by atoms with Gasteiger partial charge in [0.2, 0.25) is 0 Å². The van der Waals surface area contributed by atoms with E-state index in [2.05, 4.69) is 4.98 Å². The van der Waals surface area contributed by atoms with E-state index in [9.17, 15) is 14.7 Å². The van der Waals surface area contributed by atoms with Gasteiger partial charge in [-0.1, -0.05) is 23.7 Å². The smallest absolute Gasteiger partial charge is 0.326 e. The molecule has 0 saturated heterocycles. The van der Waals surface area contributed by atoms with Gasteiger partial charge in [-0.2, -0.15) is 0 Å². The molecule has 2 aromatic heterocycles. The van der Waals surface area contributed by atoms with Crippen LogP contribution in [0.3, 0.4) is 0 Å². The van der Waals surface area contributed by atoms with Gasteiger partial charge >= 0.3 is 5.97 Å². The fourth-order valence-electron chi connectivity index (χ4n) is 3.04. The van der Waals surface area contributed by atoms with Gasteiger partial charge in [0.25, 0.3) is 5.56 Å². The third-order valence-corrected chi connectivity index (χ3v) is 4.81. The summed E-state index contributed by atoms with van der Waals surface area (Å²) in [5.74, 6) is -0.720. The highest BCUT2D eigenvalue weighted by atomic mass is 35.5. The Balaban J connectivity index is 0.00000320. The van der Waals surface area contributed by atoms with Gasteiger partial charge in [-0.25, -0.2) is 9.78 Å². The Bertz CT molecular complexity index is 1060. The number of rotatable bonds is 8. The summed E-state index contributed by atoms with van der Waals surface area (Å²) in [5, 5.41) is 9.98. The van der Waals surface area contributed by atoms with E-state index in [1.165, 1.54) is 26.5 Å². The van der Waals surface area contributed by atoms with Crippen LogP contribution in [0.2, 0.25) is 5.15 Å². The van der Waals surface area contributed by atoms with E-state index in [0.29, 0.717) is 16.5 Å². The number of hydrogen-bond donors (Lipinski definition) is 1. The highest BCUT2D eigenvalue weighted by molar-refractivity contribution is 6.29. The predicted molar refractivity (Wildman–Crippen MR) is 115 cm³/mol. The molecule has 0 saturated carbocycles. The van der Waals surface area contributed by atoms with Crippen LogP contribution in [0, 0.1) is 0 Å². The van der Waals surface area contributed by atoms with Crippen molar-refractivity contribution in [3.05, 3.63) is 64.6 Å². The van der Waals surface area contributed by atoms with Crippen LogP contribution in [-0.2, 0) is 9.53 Å². The van der Waals surface area contributed by atoms with E-state index < -0.39 is 17.6 Å². The summed E-state index contributed by atoms with van der Waals surface area (Å²) < 4.78 is 13.3. The lowest BCUT2D eigenvalue weighted by atomic mass is 10.0. The standard InChI is InChI=1S/C20H20ClN3O5.ClH/c1-28-8-7-16(20(26)27)23-11-17(29-2)15(9-19(23)25)13-3-5-14(6-4-13)24-12-22-10-18(24)21;/h3-6,9-12,16H,7-8H2,1-2H3,(H,26,27);1H. The van der Waals surface area contributed by atoms with Crippen LogP contribution in [0.25, 0.3) is 16.8 Å². The van der Waals surface area contributed by atoms with Crippen molar-refractivity contribution in [3.8, 4) is 22.6 Å². The van der Waals surface area contributed by atoms with Crippen molar-refractivity contribution in [1.82, 2.24) is 14.1 Å². The molecule has 1 aromatic carbocycles. The molecule has 3 rings (SSSR count). The lowest BCUT2D eigenvalue weighted by molar-refractivity contribution is -0.141. The molecule has 3 aromatic rings. The SMILES string of the molecule is COCCC(C(=O)O)n1cc(OC)c(-c2ccc(-n3cncc3Cl)cc2)cc1=O.Cl. The molecular weight excluding hydrogens is 433 g/mol. The first-order valence-electron chi connectivity index (χ1n) is 8.76. The lowest BCUT2D eigenvalue weighted by Gasteiger charge is -2.18. The van der Waals surface area contributed by atoms with E-state index in [0.717, 1.165) is 15.8 Å². The third-order valence-electron chi connectivity index (χ3n) is 4.53. The van der Waals surface area contributed by atoms with Crippen molar-refractivity contribution in [1.29, 1.82) is 0 Å². The van der Waals surface area contributed by atoms with Gasteiger partial charge in [0.05, 0.1) is 19.5 Å². The summed E-state index contributed by atoms with van der Waals surface area (Å²) in [7, 11) is 2.95. The number of methoxy groups -OCH3 is 2. The molecule has 0 bridgehead atoms. The number of imidazole rings is 1. The quantitative estimate of drug-likeness (QED) is 0.560. The minimum atomic E-state index is -1.11. The number of carboxylic acid groups (broad SMARTS) is 1. The van der Waals surface area contributed by atoms with Gasteiger partial charge in [0.15, 0.2) is 0 Å². The normalized spacial score (nSPS) is 11.6. The van der Waals surface area contributed by atoms with E-state index in [-0.39, 0.29) is 25.4 Å². The molecule has 0 fully saturated rings. The minimum absolute atomic E-state index is 0. The van der Waals surface area contributed by atoms with Crippen molar-refractivity contribution in [2.75, 3.05) is 20.8 Å². The van der Waals surface area contributed by atoms with Crippen molar-refractivity contribution < 1.29 is 19.4 Å². The molecule has 0 aliphatic rings. The summed E-state index contributed by atoms with van der Waals surface area (Å²) in [4.78, 5) is 28.3. The van der Waals surface area contributed by atoms with Crippen LogP contribution in [0.4, 0.5) is 0 Å². The molecule has 0 amide bonds. The number of benzene rings is 1. The zero-order valence-electron chi connectivity index (χ0n) is 16.3. The Kier molecular flexibility index (Phi) is 8.05. The largest absolute Gasteiger partial charge is 0.495 e. The average Bonchev–Trinajstić information content (AvgIpc) is 3.14. The summed E-state index contributed by atoms with van der Waals surface area (Å²) >= 11 is 6.09. The maximum atomic E-state index is 12.7. The molecule has 160 valence electrons. The monoisotopic (exact) mass is 453 g/mol. The Morgan fingerprint density at radius 3 is 2.50 bits per heavy atom. The zero-order valence-corrected chi connectivity index (χ0v) is 17.9. The molecule has 8 nitrogen and oxygen atoms in total. The van der Waals surface area contributed by atoms with E-state index >= 15 is 0 Å². The Labute approximate surface area is 184 Å². The van der Waals surface area contributed by atoms with Crippen molar-refractivity contribution in [3.63, 3.8) is 0 Å². The van der Waals surface area contributed by atoms with Crippen molar-refractivity contribution in [2.45, 2.75) is 12.5 Å². The van der Waals surface area contributed by atoms with Gasteiger partial charge in [-0.05, 0) is 17.7 Å². The molecule has 0 aliphatic carbocycles. The zero-order chi connectivity index (χ0) is 21.0. The number of pyridine rings is 1. The van der Waals surface area contributed by atoms with Crippen molar-refractivity contribution >= 4 is 30.0 Å². The molecule has 1 unspecified atom stereocenters. The molecule has 0 radical (unpaired) electrons. The summed E-state index contributed by atoms with van der Waals surface area (Å²) in [6.07, 6.45) is 4.73. The fourth-order valence-corrected chi connectivity index (χ4v) is 3.24. The number of hydrogen-bond acceptors (Lipinski definition) is 5. The van der Waals surface area contributed by atoms with Crippen LogP contribution < -0.4 is 10.3 Å². The van der Waals surface area contributed by atoms with Crippen LogP contribution in [0.1, 0.15) is 12.5 Å². The Morgan fingerprint density at radius 2 is 1.97 bits per heavy atom. The molecule has 30 heavy (non-hydrogen) atoms. The summed E-state index contributed by atoms with van der Waals surface area (Å²) in [5.41, 5.74) is 1.68. The molecule has 0 spiro atoms. The number of halogens is 2. The van der Waals surface area contributed by atoms with E-state index in [1.54, 1.807) is 17.1 Å². The van der Waals surface area contributed by atoms with Crippen LogP contribution in [0.5, 0.6) is 5.75 Å². The van der Waals surface area contributed by atoms with E-state index in [1.807, 2.05) is 24.3 Å².